The molecule has 0 aliphatic rings. The van der Waals surface area contributed by atoms with Crippen LogP contribution in [-0.4, -0.2) is 4.57 Å². The molecular formula is C48H32N2O. The minimum absolute atomic E-state index is 0.890. The van der Waals surface area contributed by atoms with E-state index in [1.54, 1.807) is 0 Å². The molecule has 0 radical (unpaired) electrons. The van der Waals surface area contributed by atoms with Crippen molar-refractivity contribution >= 4 is 60.8 Å². The molecule has 0 saturated carbocycles. The van der Waals surface area contributed by atoms with E-state index in [4.69, 9.17) is 4.42 Å². The van der Waals surface area contributed by atoms with Crippen LogP contribution in [0.2, 0.25) is 0 Å². The van der Waals surface area contributed by atoms with Crippen LogP contribution < -0.4 is 4.90 Å². The summed E-state index contributed by atoms with van der Waals surface area (Å²) in [5, 5.41) is 4.71. The van der Waals surface area contributed by atoms with E-state index in [0.29, 0.717) is 0 Å². The highest BCUT2D eigenvalue weighted by atomic mass is 16.3. The maximum absolute atomic E-state index is 6.17. The van der Waals surface area contributed by atoms with Gasteiger partial charge in [-0.3, -0.25) is 0 Å². The van der Waals surface area contributed by atoms with Crippen LogP contribution in [0.25, 0.3) is 71.7 Å². The molecule has 240 valence electrons. The van der Waals surface area contributed by atoms with E-state index in [1.807, 2.05) is 12.1 Å². The van der Waals surface area contributed by atoms with Crippen molar-refractivity contribution < 1.29 is 4.42 Å². The number of fused-ring (bicyclic) bond motifs is 6. The molecule has 10 rings (SSSR count). The quantitative estimate of drug-likeness (QED) is 0.178. The Bertz CT molecular complexity index is 2830. The molecule has 0 bridgehead atoms. The maximum Gasteiger partial charge on any atom is 0.135 e. The van der Waals surface area contributed by atoms with E-state index in [0.717, 1.165) is 44.7 Å². The number of hydrogen-bond donors (Lipinski definition) is 0. The number of aromatic nitrogens is 1. The van der Waals surface area contributed by atoms with Gasteiger partial charge >= 0.3 is 0 Å². The molecule has 2 heterocycles. The summed E-state index contributed by atoms with van der Waals surface area (Å²) in [5.41, 5.74) is 13.4. The van der Waals surface area contributed by atoms with E-state index < -0.39 is 0 Å². The number of hydrogen-bond acceptors (Lipinski definition) is 2. The summed E-state index contributed by atoms with van der Waals surface area (Å²) in [4.78, 5) is 2.32. The number of para-hydroxylation sites is 4. The molecule has 0 fully saturated rings. The SMILES string of the molecule is c1ccc(-c2cc3c(cc2-c2ccc(N(c4ccccc4)c4ccc5oc6ccccc6c5c4)cc2)c2ccccc2n3-c2ccccc2)cc1. The molecule has 0 spiro atoms. The largest absolute Gasteiger partial charge is 0.456 e. The Hall–Kier alpha value is -6.84. The highest BCUT2D eigenvalue weighted by Crippen LogP contribution is 2.43. The third kappa shape index (κ3) is 4.90. The molecule has 10 aromatic rings. The summed E-state index contributed by atoms with van der Waals surface area (Å²) >= 11 is 0. The number of benzene rings is 8. The Balaban J connectivity index is 1.15. The Labute approximate surface area is 295 Å². The lowest BCUT2D eigenvalue weighted by atomic mass is 9.92. The van der Waals surface area contributed by atoms with Crippen molar-refractivity contribution in [3.05, 3.63) is 194 Å². The molecule has 0 N–H and O–H groups in total. The summed E-state index contributed by atoms with van der Waals surface area (Å²) in [7, 11) is 0. The molecule has 3 heteroatoms. The molecule has 51 heavy (non-hydrogen) atoms. The van der Waals surface area contributed by atoms with Crippen LogP contribution >= 0.6 is 0 Å². The monoisotopic (exact) mass is 652 g/mol. The molecule has 0 amide bonds. The number of nitrogens with zero attached hydrogens (tertiary/aromatic N) is 2. The van der Waals surface area contributed by atoms with Gasteiger partial charge in [-0.05, 0) is 101 Å². The van der Waals surface area contributed by atoms with Crippen LogP contribution in [0.5, 0.6) is 0 Å². The third-order valence-electron chi connectivity index (χ3n) is 9.98. The minimum atomic E-state index is 0.890. The molecule has 0 aliphatic heterocycles. The van der Waals surface area contributed by atoms with E-state index in [9.17, 15) is 0 Å². The maximum atomic E-state index is 6.17. The Morgan fingerprint density at radius 3 is 1.71 bits per heavy atom. The van der Waals surface area contributed by atoms with Gasteiger partial charge in [0, 0.05) is 44.3 Å². The zero-order valence-electron chi connectivity index (χ0n) is 27.8. The van der Waals surface area contributed by atoms with Gasteiger partial charge in [0.2, 0.25) is 0 Å². The Kier molecular flexibility index (Phi) is 6.81. The first-order chi connectivity index (χ1) is 25.3. The Morgan fingerprint density at radius 2 is 0.922 bits per heavy atom. The standard InChI is InChI=1S/C48H32N2O/c1-4-14-33(15-5-1)42-32-46-43(39-20-10-12-22-45(39)50(46)36-18-8-3-9-19-36)31-41(42)34-24-26-37(27-25-34)49(35-16-6-2-7-17-35)38-28-29-48-44(30-38)40-21-11-13-23-47(40)51-48/h1-32H. The first kappa shape index (κ1) is 29.1. The summed E-state index contributed by atoms with van der Waals surface area (Å²) in [5.74, 6) is 0. The van der Waals surface area contributed by atoms with Crippen LogP contribution in [-0.2, 0) is 0 Å². The van der Waals surface area contributed by atoms with Gasteiger partial charge in [-0.25, -0.2) is 0 Å². The van der Waals surface area contributed by atoms with E-state index in [1.165, 1.54) is 44.1 Å². The second-order valence-electron chi connectivity index (χ2n) is 13.0. The highest BCUT2D eigenvalue weighted by molar-refractivity contribution is 6.12. The summed E-state index contributed by atoms with van der Waals surface area (Å²) in [6.07, 6.45) is 0. The van der Waals surface area contributed by atoms with Crippen LogP contribution in [0.15, 0.2) is 199 Å². The number of anilines is 3. The molecule has 0 unspecified atom stereocenters. The first-order valence-corrected chi connectivity index (χ1v) is 17.4. The van der Waals surface area contributed by atoms with Crippen LogP contribution in [0.4, 0.5) is 17.1 Å². The van der Waals surface area contributed by atoms with Gasteiger partial charge in [0.15, 0.2) is 0 Å². The third-order valence-corrected chi connectivity index (χ3v) is 9.98. The number of rotatable bonds is 6. The normalized spacial score (nSPS) is 11.5. The van der Waals surface area contributed by atoms with E-state index in [-0.39, 0.29) is 0 Å². The average Bonchev–Trinajstić information content (AvgIpc) is 3.74. The van der Waals surface area contributed by atoms with E-state index in [2.05, 4.69) is 191 Å². The highest BCUT2D eigenvalue weighted by Gasteiger charge is 2.19. The Morgan fingerprint density at radius 1 is 0.353 bits per heavy atom. The molecule has 8 aromatic carbocycles. The summed E-state index contributed by atoms with van der Waals surface area (Å²) in [6.45, 7) is 0. The van der Waals surface area contributed by atoms with Crippen molar-refractivity contribution in [2.75, 3.05) is 4.90 Å². The smallest absolute Gasteiger partial charge is 0.135 e. The topological polar surface area (TPSA) is 21.3 Å². The van der Waals surface area contributed by atoms with Gasteiger partial charge in [0.05, 0.1) is 11.0 Å². The molecule has 2 aromatic heterocycles. The summed E-state index contributed by atoms with van der Waals surface area (Å²) in [6, 6.07) is 69.2. The van der Waals surface area contributed by atoms with Crippen molar-refractivity contribution in [2.24, 2.45) is 0 Å². The predicted octanol–water partition coefficient (Wildman–Crippen LogP) is 13.5. The average molecular weight is 653 g/mol. The zero-order chi connectivity index (χ0) is 33.7. The molecule has 0 saturated heterocycles. The van der Waals surface area contributed by atoms with Gasteiger partial charge in [0.25, 0.3) is 0 Å². The summed E-state index contributed by atoms with van der Waals surface area (Å²) < 4.78 is 8.57. The van der Waals surface area contributed by atoms with Crippen molar-refractivity contribution in [1.29, 1.82) is 0 Å². The van der Waals surface area contributed by atoms with Gasteiger partial charge in [-0.1, -0.05) is 115 Å². The number of furan rings is 1. The van der Waals surface area contributed by atoms with Crippen molar-refractivity contribution in [3.63, 3.8) is 0 Å². The van der Waals surface area contributed by atoms with Crippen molar-refractivity contribution in [1.82, 2.24) is 4.57 Å². The van der Waals surface area contributed by atoms with Gasteiger partial charge in [0.1, 0.15) is 11.2 Å². The molecule has 0 atom stereocenters. The lowest BCUT2D eigenvalue weighted by Gasteiger charge is -2.26. The van der Waals surface area contributed by atoms with Crippen LogP contribution in [0, 0.1) is 0 Å². The zero-order valence-corrected chi connectivity index (χ0v) is 27.8. The predicted molar refractivity (Wildman–Crippen MR) is 214 cm³/mol. The molecular weight excluding hydrogens is 621 g/mol. The second kappa shape index (κ2) is 11.9. The molecule has 0 aliphatic carbocycles. The fourth-order valence-corrected chi connectivity index (χ4v) is 7.63. The first-order valence-electron chi connectivity index (χ1n) is 17.4. The second-order valence-corrected chi connectivity index (χ2v) is 13.0. The fraction of sp³-hybridized carbons (Fsp3) is 0. The van der Waals surface area contributed by atoms with Gasteiger partial charge in [-0.15, -0.1) is 0 Å². The minimum Gasteiger partial charge on any atom is -0.456 e. The lowest BCUT2D eigenvalue weighted by molar-refractivity contribution is 0.669. The van der Waals surface area contributed by atoms with Crippen molar-refractivity contribution in [2.45, 2.75) is 0 Å². The lowest BCUT2D eigenvalue weighted by Crippen LogP contribution is -2.09. The van der Waals surface area contributed by atoms with Gasteiger partial charge in [-0.2, -0.15) is 0 Å². The van der Waals surface area contributed by atoms with Gasteiger partial charge < -0.3 is 13.9 Å². The van der Waals surface area contributed by atoms with E-state index >= 15 is 0 Å². The van der Waals surface area contributed by atoms with Crippen LogP contribution in [0.3, 0.4) is 0 Å². The molecule has 3 nitrogen and oxygen atoms in total. The van der Waals surface area contributed by atoms with Crippen molar-refractivity contribution in [3.8, 4) is 27.9 Å². The van der Waals surface area contributed by atoms with Crippen LogP contribution in [0.1, 0.15) is 0 Å². The fourth-order valence-electron chi connectivity index (χ4n) is 7.63.